The van der Waals surface area contributed by atoms with Crippen molar-refractivity contribution >= 4 is 40.7 Å². The summed E-state index contributed by atoms with van der Waals surface area (Å²) in [5.74, 6) is -3.63. The van der Waals surface area contributed by atoms with Gasteiger partial charge in [0.2, 0.25) is 0 Å². The van der Waals surface area contributed by atoms with E-state index in [2.05, 4.69) is 20.5 Å². The van der Waals surface area contributed by atoms with Gasteiger partial charge in [0.15, 0.2) is 16.0 Å². The van der Waals surface area contributed by atoms with Crippen LogP contribution in [-0.4, -0.2) is 72.8 Å². The number of aromatic nitrogens is 4. The fourth-order valence-electron chi connectivity index (χ4n) is 4.40. The highest BCUT2D eigenvalue weighted by Gasteiger charge is 2.40. The van der Waals surface area contributed by atoms with Crippen LogP contribution < -0.4 is 11.0 Å². The van der Waals surface area contributed by atoms with Gasteiger partial charge >= 0.3 is 17.8 Å². The first-order valence-corrected chi connectivity index (χ1v) is 11.6. The first-order chi connectivity index (χ1) is 17.4. The molecule has 198 valence electrons. The number of nitrogens with one attached hydrogen (secondary N) is 2. The standard InChI is InChI=1S/C19H17Cl2FN6O2.C2HF3O2/c20-15-16(21)28-17(24-15)13(25-26-19(28)30)8-9-1-2-11(22)10(7-9)18(29)27-6-4-12-14(27)3-5-23-12;3-2(4,5)1(6)7/h1-2,7,12,14,23H,3-6,8H2,(H,26,30);(H,6,7). The normalized spacial score (nSPS) is 19.0. The van der Waals surface area contributed by atoms with E-state index in [0.29, 0.717) is 17.8 Å². The Morgan fingerprint density at radius 2 is 1.92 bits per heavy atom. The van der Waals surface area contributed by atoms with Gasteiger partial charge in [-0.15, -0.1) is 0 Å². The van der Waals surface area contributed by atoms with E-state index in [1.807, 2.05) is 0 Å². The average Bonchev–Trinajstić information content (AvgIpc) is 3.52. The number of aromatic amines is 1. The van der Waals surface area contributed by atoms with Crippen LogP contribution in [0.15, 0.2) is 23.0 Å². The number of benzene rings is 1. The van der Waals surface area contributed by atoms with Crippen molar-refractivity contribution in [2.24, 2.45) is 0 Å². The summed E-state index contributed by atoms with van der Waals surface area (Å²) < 4.78 is 47.4. The third-order valence-electron chi connectivity index (χ3n) is 6.06. The number of rotatable bonds is 3. The van der Waals surface area contributed by atoms with E-state index >= 15 is 0 Å². The molecule has 10 nitrogen and oxygen atoms in total. The summed E-state index contributed by atoms with van der Waals surface area (Å²) in [6.07, 6.45) is -3.13. The number of fused-ring (bicyclic) bond motifs is 2. The van der Waals surface area contributed by atoms with Gasteiger partial charge in [-0.25, -0.2) is 28.5 Å². The van der Waals surface area contributed by atoms with Crippen LogP contribution in [0.2, 0.25) is 10.3 Å². The minimum Gasteiger partial charge on any atom is -0.475 e. The molecule has 1 aromatic carbocycles. The Balaban J connectivity index is 0.000000405. The number of carbonyl (C=O) groups excluding carboxylic acids is 1. The Labute approximate surface area is 215 Å². The molecular formula is C21H18Cl2F4N6O4. The van der Waals surface area contributed by atoms with Crippen molar-refractivity contribution in [1.29, 1.82) is 0 Å². The molecule has 5 rings (SSSR count). The lowest BCUT2D eigenvalue weighted by atomic mass is 10.0. The van der Waals surface area contributed by atoms with Gasteiger partial charge in [-0.2, -0.15) is 18.3 Å². The van der Waals surface area contributed by atoms with Gasteiger partial charge < -0.3 is 15.3 Å². The van der Waals surface area contributed by atoms with Crippen LogP contribution in [0.3, 0.4) is 0 Å². The third kappa shape index (κ3) is 5.40. The van der Waals surface area contributed by atoms with Crippen molar-refractivity contribution in [1.82, 2.24) is 29.8 Å². The second-order valence-corrected chi connectivity index (χ2v) is 9.04. The topological polar surface area (TPSA) is 133 Å². The summed E-state index contributed by atoms with van der Waals surface area (Å²) in [6.45, 7) is 1.48. The number of halogens is 6. The molecule has 0 radical (unpaired) electrons. The van der Waals surface area contributed by atoms with E-state index in [1.54, 1.807) is 11.0 Å². The number of hydrogen-bond acceptors (Lipinski definition) is 6. The van der Waals surface area contributed by atoms with E-state index in [0.717, 1.165) is 23.8 Å². The smallest absolute Gasteiger partial charge is 0.475 e. The summed E-state index contributed by atoms with van der Waals surface area (Å²) in [5.41, 5.74) is 0.721. The van der Waals surface area contributed by atoms with Crippen LogP contribution in [0.1, 0.15) is 34.5 Å². The highest BCUT2D eigenvalue weighted by Crippen LogP contribution is 2.28. The number of carbonyl (C=O) groups is 2. The highest BCUT2D eigenvalue weighted by atomic mass is 35.5. The predicted octanol–water partition coefficient (Wildman–Crippen LogP) is 2.66. The van der Waals surface area contributed by atoms with Crippen LogP contribution in [0.5, 0.6) is 0 Å². The molecule has 1 amide bonds. The Kier molecular flexibility index (Phi) is 7.44. The Bertz CT molecular complexity index is 1430. The molecule has 0 bridgehead atoms. The molecule has 2 saturated heterocycles. The number of nitrogens with zero attached hydrogens (tertiary/aromatic N) is 4. The first-order valence-electron chi connectivity index (χ1n) is 10.8. The van der Waals surface area contributed by atoms with Gasteiger partial charge in [0, 0.05) is 25.0 Å². The Morgan fingerprint density at radius 1 is 1.22 bits per heavy atom. The number of carboxylic acid groups (broad SMARTS) is 1. The van der Waals surface area contributed by atoms with E-state index in [-0.39, 0.29) is 45.9 Å². The fraction of sp³-hybridized carbons (Fsp3) is 0.381. The van der Waals surface area contributed by atoms with Crippen molar-refractivity contribution < 1.29 is 32.3 Å². The van der Waals surface area contributed by atoms with Gasteiger partial charge in [-0.1, -0.05) is 29.3 Å². The van der Waals surface area contributed by atoms with Crippen LogP contribution in [0, 0.1) is 5.82 Å². The van der Waals surface area contributed by atoms with Crippen molar-refractivity contribution in [3.8, 4) is 0 Å². The second-order valence-electron chi connectivity index (χ2n) is 8.33. The molecular weight excluding hydrogens is 547 g/mol. The summed E-state index contributed by atoms with van der Waals surface area (Å²) in [7, 11) is 0. The van der Waals surface area contributed by atoms with E-state index in [4.69, 9.17) is 33.1 Å². The van der Waals surface area contributed by atoms with Crippen LogP contribution in [0.4, 0.5) is 17.6 Å². The maximum Gasteiger partial charge on any atom is 0.490 e. The molecule has 0 saturated carbocycles. The van der Waals surface area contributed by atoms with E-state index in [9.17, 15) is 27.2 Å². The van der Waals surface area contributed by atoms with Crippen molar-refractivity contribution in [2.75, 3.05) is 13.1 Å². The maximum absolute atomic E-state index is 14.5. The van der Waals surface area contributed by atoms with Crippen LogP contribution >= 0.6 is 23.2 Å². The van der Waals surface area contributed by atoms with Crippen LogP contribution in [0.25, 0.3) is 5.65 Å². The SMILES string of the molecule is O=C(O)C(F)(F)F.O=C(c1cc(Cc2n[nH]c(=O)n3c(Cl)c(Cl)nc23)ccc1F)N1CCC2NCCC21. The summed E-state index contributed by atoms with van der Waals surface area (Å²) in [5, 5.41) is 16.9. The molecule has 0 spiro atoms. The number of imidazole rings is 1. The molecule has 0 aliphatic carbocycles. The molecule has 4 heterocycles. The van der Waals surface area contributed by atoms with Gasteiger partial charge in [0.25, 0.3) is 5.91 Å². The van der Waals surface area contributed by atoms with E-state index < -0.39 is 23.7 Å². The summed E-state index contributed by atoms with van der Waals surface area (Å²) >= 11 is 12.0. The Morgan fingerprint density at radius 3 is 2.59 bits per heavy atom. The van der Waals surface area contributed by atoms with Gasteiger partial charge in [0.05, 0.1) is 5.56 Å². The molecule has 2 atom stereocenters. The lowest BCUT2D eigenvalue weighted by Gasteiger charge is -2.23. The predicted molar refractivity (Wildman–Crippen MR) is 122 cm³/mol. The number of carboxylic acids is 1. The number of amides is 1. The molecule has 3 aromatic rings. The number of hydrogen-bond donors (Lipinski definition) is 3. The number of likely N-dealkylation sites (tertiary alicyclic amines) is 1. The molecule has 3 N–H and O–H groups in total. The minimum absolute atomic E-state index is 0.0136. The molecule has 2 aliphatic rings. The number of alkyl halides is 3. The summed E-state index contributed by atoms with van der Waals surface area (Å²) in [4.78, 5) is 39.8. The van der Waals surface area contributed by atoms with Gasteiger partial charge in [-0.3, -0.25) is 4.79 Å². The zero-order valence-corrected chi connectivity index (χ0v) is 20.2. The van der Waals surface area contributed by atoms with Crippen molar-refractivity contribution in [3.05, 3.63) is 61.6 Å². The lowest BCUT2D eigenvalue weighted by molar-refractivity contribution is -0.192. The maximum atomic E-state index is 14.5. The van der Waals surface area contributed by atoms with Crippen molar-refractivity contribution in [3.63, 3.8) is 0 Å². The van der Waals surface area contributed by atoms with Gasteiger partial charge in [0.1, 0.15) is 11.5 Å². The molecule has 2 unspecified atom stereocenters. The molecule has 37 heavy (non-hydrogen) atoms. The average molecular weight is 565 g/mol. The number of aliphatic carboxylic acids is 1. The molecule has 2 aliphatic heterocycles. The monoisotopic (exact) mass is 564 g/mol. The zero-order valence-electron chi connectivity index (χ0n) is 18.7. The minimum atomic E-state index is -5.08. The Hall–Kier alpha value is -3.23. The third-order valence-corrected chi connectivity index (χ3v) is 6.77. The quantitative estimate of drug-likeness (QED) is 0.416. The molecule has 2 fully saturated rings. The lowest BCUT2D eigenvalue weighted by Crippen LogP contribution is -2.39. The highest BCUT2D eigenvalue weighted by molar-refractivity contribution is 6.40. The van der Waals surface area contributed by atoms with E-state index in [1.165, 1.54) is 12.1 Å². The molecule has 2 aromatic heterocycles. The first kappa shape index (κ1) is 26.8. The second kappa shape index (κ2) is 10.3. The largest absolute Gasteiger partial charge is 0.490 e. The summed E-state index contributed by atoms with van der Waals surface area (Å²) in [6, 6.07) is 4.77. The van der Waals surface area contributed by atoms with Crippen molar-refractivity contribution in [2.45, 2.75) is 37.5 Å². The fourth-order valence-corrected chi connectivity index (χ4v) is 4.76. The van der Waals surface area contributed by atoms with Crippen LogP contribution in [-0.2, 0) is 11.2 Å². The van der Waals surface area contributed by atoms with Gasteiger partial charge in [-0.05, 0) is 37.1 Å². The number of H-pyrrole nitrogens is 1. The zero-order chi connectivity index (χ0) is 27.1. The molecule has 16 heteroatoms.